The zero-order valence-corrected chi connectivity index (χ0v) is 46.6. The molecule has 0 aliphatic heterocycles. The fourth-order valence-electron chi connectivity index (χ4n) is 6.64. The Kier molecular flexibility index (Phi) is 51.2. The van der Waals surface area contributed by atoms with Gasteiger partial charge in [-0.3, -0.25) is 23.4 Å². The van der Waals surface area contributed by atoms with E-state index in [1.54, 1.807) is 0 Å². The maximum absolute atomic E-state index is 12.9. The Hall–Kier alpha value is -4.64. The van der Waals surface area contributed by atoms with E-state index in [0.29, 0.717) is 19.3 Å². The van der Waals surface area contributed by atoms with E-state index in [1.807, 2.05) is 12.2 Å². The molecule has 0 aliphatic carbocycles. The molecule has 0 bridgehead atoms. The number of allylic oxidation sites excluding steroid dienone is 24. The van der Waals surface area contributed by atoms with Crippen molar-refractivity contribution in [1.29, 1.82) is 0 Å². The minimum atomic E-state index is -4.79. The van der Waals surface area contributed by atoms with E-state index in [4.69, 9.17) is 23.3 Å². The number of aliphatic hydroxyl groups is 1. The Bertz CT molecular complexity index is 1800. The Morgan fingerprint density at radius 2 is 0.689 bits per heavy atom. The monoisotopic (exact) mass is 1050 g/mol. The fraction of sp³-hybridized carbons (Fsp3) is 0.565. The number of carbonyl (C=O) groups excluding carboxylic acids is 3. The molecule has 0 saturated carbocycles. The first-order valence-corrected chi connectivity index (χ1v) is 29.2. The molecule has 0 aromatic heterocycles. The maximum Gasteiger partial charge on any atom is 0.472 e. The van der Waals surface area contributed by atoms with Crippen LogP contribution in [0.5, 0.6) is 0 Å². The van der Waals surface area contributed by atoms with Crippen molar-refractivity contribution >= 4 is 25.7 Å². The summed E-state index contributed by atoms with van der Waals surface area (Å²) in [7, 11) is -4.79. The molecule has 0 aromatic rings. The Balaban J connectivity index is 4.87. The lowest BCUT2D eigenvalue weighted by Gasteiger charge is -2.21. The van der Waals surface area contributed by atoms with Crippen LogP contribution >= 0.6 is 7.82 Å². The van der Waals surface area contributed by atoms with Crippen molar-refractivity contribution in [3.05, 3.63) is 146 Å². The summed E-state index contributed by atoms with van der Waals surface area (Å²) >= 11 is 0. The Morgan fingerprint density at radius 1 is 0.378 bits per heavy atom. The van der Waals surface area contributed by atoms with Crippen LogP contribution in [0, 0.1) is 0 Å². The average molecular weight is 1050 g/mol. The molecule has 3 unspecified atom stereocenters. The van der Waals surface area contributed by atoms with Crippen LogP contribution in [0.4, 0.5) is 0 Å². The summed E-state index contributed by atoms with van der Waals surface area (Å²) in [5, 5.41) is 9.81. The van der Waals surface area contributed by atoms with Gasteiger partial charge >= 0.3 is 25.7 Å². The number of esters is 3. The van der Waals surface area contributed by atoms with Crippen LogP contribution in [-0.2, 0) is 42.2 Å². The second-order valence-corrected chi connectivity index (χ2v) is 19.1. The summed E-state index contributed by atoms with van der Waals surface area (Å²) in [6.45, 7) is 4.13. The summed E-state index contributed by atoms with van der Waals surface area (Å²) in [5.74, 6) is -1.64. The smallest absolute Gasteiger partial charge is 0.462 e. The second-order valence-electron chi connectivity index (χ2n) is 17.6. The first kappa shape index (κ1) is 69.4. The van der Waals surface area contributed by atoms with E-state index in [0.717, 1.165) is 128 Å². The first-order valence-electron chi connectivity index (χ1n) is 27.7. The number of rotatable bonds is 49. The van der Waals surface area contributed by atoms with Gasteiger partial charge in [0.1, 0.15) is 12.7 Å². The molecule has 0 fully saturated rings. The molecule has 0 spiro atoms. The molecule has 0 amide bonds. The van der Waals surface area contributed by atoms with Gasteiger partial charge in [0, 0.05) is 19.3 Å². The van der Waals surface area contributed by atoms with Crippen LogP contribution in [0.2, 0.25) is 0 Å². The van der Waals surface area contributed by atoms with Crippen LogP contribution in [0.1, 0.15) is 188 Å². The number of hydrogen-bond acceptors (Lipinski definition) is 10. The number of ether oxygens (including phenoxy) is 3. The van der Waals surface area contributed by atoms with Gasteiger partial charge in [-0.05, 0) is 122 Å². The third-order valence-corrected chi connectivity index (χ3v) is 11.7. The van der Waals surface area contributed by atoms with Gasteiger partial charge in [0.15, 0.2) is 6.10 Å². The SMILES string of the molecule is CC/C=C\C/C=C\C/C=C\C/C=C\CCCCCCC(=O)OC(CO)COP(=O)(O)OCC(COC(=O)CC/C=C\C/C=C\C/C=C\C/C=C\CC)OC(=O)CCCCCC/C=C\C/C=C\C/C=C\C/C=C\CC. The van der Waals surface area contributed by atoms with E-state index in [9.17, 15) is 28.9 Å². The molecule has 0 saturated heterocycles. The van der Waals surface area contributed by atoms with Crippen LogP contribution < -0.4 is 0 Å². The van der Waals surface area contributed by atoms with Crippen LogP contribution in [0.3, 0.4) is 0 Å². The molecule has 0 aromatic carbocycles. The number of hydrogen-bond donors (Lipinski definition) is 2. The summed E-state index contributed by atoms with van der Waals surface area (Å²) in [5.41, 5.74) is 0. The Labute approximate surface area is 448 Å². The number of aliphatic hydroxyl groups excluding tert-OH is 1. The molecule has 0 aliphatic rings. The largest absolute Gasteiger partial charge is 0.472 e. The lowest BCUT2D eigenvalue weighted by atomic mass is 10.1. The van der Waals surface area contributed by atoms with Gasteiger partial charge in [-0.2, -0.15) is 0 Å². The highest BCUT2D eigenvalue weighted by Crippen LogP contribution is 2.43. The molecule has 74 heavy (non-hydrogen) atoms. The molecule has 0 heterocycles. The standard InChI is InChI=1S/C62H97O11P/c1-4-7-10-13-16-19-22-25-27-29-31-34-37-40-43-46-49-52-61(65)72-58(54-63)56-70-74(67,68)71-57-59(55-69-60(64)51-48-45-42-39-36-33-24-21-18-15-12-9-6-3)73-62(66)53-50-47-44-41-38-35-32-30-28-26-23-20-17-14-11-8-5-2/h7-12,16-21,25-28,31-36,42,45,58-59,63H,4-6,13-15,22-24,29-30,37-41,43-44,46-57H2,1-3H3,(H,67,68)/b10-7-,11-8-,12-9-,19-16-,20-17-,21-18-,27-25-,28-26-,34-31-,35-32-,36-33-,45-42-. The van der Waals surface area contributed by atoms with E-state index < -0.39 is 64.4 Å². The van der Waals surface area contributed by atoms with Crippen molar-refractivity contribution < 1.29 is 52.2 Å². The van der Waals surface area contributed by atoms with Crippen LogP contribution in [0.15, 0.2) is 146 Å². The molecule has 3 atom stereocenters. The average Bonchev–Trinajstić information content (AvgIpc) is 3.39. The van der Waals surface area contributed by atoms with Gasteiger partial charge in [0.25, 0.3) is 0 Å². The van der Waals surface area contributed by atoms with Gasteiger partial charge in [-0.1, -0.05) is 192 Å². The second kappa shape index (κ2) is 54.6. The van der Waals surface area contributed by atoms with Crippen LogP contribution in [0.25, 0.3) is 0 Å². The predicted molar refractivity (Wildman–Crippen MR) is 306 cm³/mol. The molecule has 2 N–H and O–H groups in total. The molecular formula is C62H97O11P. The molecule has 0 rings (SSSR count). The van der Waals surface area contributed by atoms with Gasteiger partial charge in [0.2, 0.25) is 0 Å². The van der Waals surface area contributed by atoms with Crippen LogP contribution in [-0.4, -0.2) is 66.5 Å². The third-order valence-electron chi connectivity index (χ3n) is 10.8. The van der Waals surface area contributed by atoms with E-state index >= 15 is 0 Å². The molecule has 416 valence electrons. The van der Waals surface area contributed by atoms with Crippen molar-refractivity contribution in [3.63, 3.8) is 0 Å². The topological polar surface area (TPSA) is 155 Å². The summed E-state index contributed by atoms with van der Waals surface area (Å²) in [6.07, 6.45) is 69.7. The van der Waals surface area contributed by atoms with E-state index in [2.05, 4.69) is 154 Å². The van der Waals surface area contributed by atoms with Crippen molar-refractivity contribution in [1.82, 2.24) is 0 Å². The minimum absolute atomic E-state index is 0.0895. The summed E-state index contributed by atoms with van der Waals surface area (Å²) in [4.78, 5) is 48.4. The van der Waals surface area contributed by atoms with Gasteiger partial charge in [0.05, 0.1) is 19.8 Å². The zero-order chi connectivity index (χ0) is 54.1. The number of carbonyl (C=O) groups is 3. The van der Waals surface area contributed by atoms with Gasteiger partial charge in [-0.15, -0.1) is 0 Å². The lowest BCUT2D eigenvalue weighted by Crippen LogP contribution is -2.30. The van der Waals surface area contributed by atoms with Gasteiger partial charge < -0.3 is 24.2 Å². The normalized spacial score (nSPS) is 14.5. The maximum atomic E-state index is 12.9. The number of unbranched alkanes of at least 4 members (excludes halogenated alkanes) is 8. The number of phosphoric acid groups is 1. The summed E-state index contributed by atoms with van der Waals surface area (Å²) < 4.78 is 39.3. The summed E-state index contributed by atoms with van der Waals surface area (Å²) in [6, 6.07) is 0. The first-order chi connectivity index (χ1) is 36.2. The van der Waals surface area contributed by atoms with E-state index in [1.165, 1.54) is 0 Å². The third kappa shape index (κ3) is 52.2. The van der Waals surface area contributed by atoms with E-state index in [-0.39, 0.29) is 19.3 Å². The minimum Gasteiger partial charge on any atom is -0.462 e. The highest BCUT2D eigenvalue weighted by atomic mass is 31.2. The number of phosphoric ester groups is 1. The molecule has 12 heteroatoms. The van der Waals surface area contributed by atoms with Crippen molar-refractivity contribution in [2.24, 2.45) is 0 Å². The quantitative estimate of drug-likeness (QED) is 0.0197. The highest BCUT2D eigenvalue weighted by molar-refractivity contribution is 7.47. The fourth-order valence-corrected chi connectivity index (χ4v) is 7.43. The Morgan fingerprint density at radius 3 is 1.05 bits per heavy atom. The lowest BCUT2D eigenvalue weighted by molar-refractivity contribution is -0.161. The molecular weight excluding hydrogens is 952 g/mol. The zero-order valence-electron chi connectivity index (χ0n) is 45.7. The molecule has 11 nitrogen and oxygen atoms in total. The van der Waals surface area contributed by atoms with Crippen molar-refractivity contribution in [2.75, 3.05) is 26.4 Å². The molecule has 0 radical (unpaired) electrons. The van der Waals surface area contributed by atoms with Crippen molar-refractivity contribution in [2.45, 2.75) is 200 Å². The predicted octanol–water partition coefficient (Wildman–Crippen LogP) is 16.4. The van der Waals surface area contributed by atoms with Crippen molar-refractivity contribution in [3.8, 4) is 0 Å². The van der Waals surface area contributed by atoms with Gasteiger partial charge in [-0.25, -0.2) is 4.57 Å². The highest BCUT2D eigenvalue weighted by Gasteiger charge is 2.28.